The molecule has 29 heavy (non-hydrogen) atoms. The molecule has 0 aliphatic carbocycles. The Hall–Kier alpha value is -3.02. The number of methoxy groups -OCH3 is 2. The molecular weight excluding hydrogens is 368 g/mol. The Balaban J connectivity index is 1.83. The van der Waals surface area contributed by atoms with Gasteiger partial charge in [0.2, 0.25) is 11.8 Å². The molecule has 0 radical (unpaired) electrons. The fourth-order valence-corrected chi connectivity index (χ4v) is 3.23. The molecule has 0 saturated heterocycles. The van der Waals surface area contributed by atoms with E-state index in [0.29, 0.717) is 37.4 Å². The summed E-state index contributed by atoms with van der Waals surface area (Å²) in [4.78, 5) is 26.0. The van der Waals surface area contributed by atoms with Gasteiger partial charge in [-0.1, -0.05) is 36.4 Å². The highest BCUT2D eigenvalue weighted by Crippen LogP contribution is 2.28. The van der Waals surface area contributed by atoms with Crippen LogP contribution in [-0.4, -0.2) is 44.0 Å². The van der Waals surface area contributed by atoms with E-state index in [9.17, 15) is 9.59 Å². The van der Waals surface area contributed by atoms with Crippen molar-refractivity contribution in [1.82, 2.24) is 10.2 Å². The van der Waals surface area contributed by atoms with E-state index in [1.807, 2.05) is 55.5 Å². The van der Waals surface area contributed by atoms with Crippen molar-refractivity contribution >= 4 is 11.8 Å². The molecule has 0 aliphatic heterocycles. The summed E-state index contributed by atoms with van der Waals surface area (Å²) in [6, 6.07) is 15.5. The van der Waals surface area contributed by atoms with Gasteiger partial charge >= 0.3 is 0 Å². The first-order valence-electron chi connectivity index (χ1n) is 9.76. The molecule has 2 aromatic rings. The number of carbonyl (C=O) groups is 2. The highest BCUT2D eigenvalue weighted by Gasteiger charge is 2.18. The van der Waals surface area contributed by atoms with Crippen LogP contribution in [-0.2, 0) is 16.0 Å². The van der Waals surface area contributed by atoms with Crippen LogP contribution in [0, 0.1) is 0 Å². The summed E-state index contributed by atoms with van der Waals surface area (Å²) in [6.45, 7) is 4.43. The first kappa shape index (κ1) is 22.3. The number of carbonyl (C=O) groups excluding carboxylic acids is 2. The fourth-order valence-electron chi connectivity index (χ4n) is 3.23. The van der Waals surface area contributed by atoms with E-state index in [1.54, 1.807) is 26.0 Å². The summed E-state index contributed by atoms with van der Waals surface area (Å²) in [5, 5.41) is 2.91. The van der Waals surface area contributed by atoms with E-state index in [0.717, 1.165) is 11.1 Å². The van der Waals surface area contributed by atoms with Crippen molar-refractivity contribution in [3.63, 3.8) is 0 Å². The molecule has 6 heteroatoms. The number of nitrogens with zero attached hydrogens (tertiary/aromatic N) is 1. The van der Waals surface area contributed by atoms with E-state index in [4.69, 9.17) is 9.47 Å². The van der Waals surface area contributed by atoms with Crippen molar-refractivity contribution in [2.75, 3.05) is 27.3 Å². The zero-order chi connectivity index (χ0) is 21.2. The molecular formula is C23H30N2O4. The van der Waals surface area contributed by atoms with Crippen LogP contribution in [0.5, 0.6) is 11.5 Å². The molecule has 0 aliphatic rings. The number of ether oxygens (including phenoxy) is 2. The van der Waals surface area contributed by atoms with Crippen LogP contribution in [0.25, 0.3) is 0 Å². The Morgan fingerprint density at radius 1 is 1.03 bits per heavy atom. The molecule has 0 saturated carbocycles. The van der Waals surface area contributed by atoms with Gasteiger partial charge in [-0.25, -0.2) is 0 Å². The minimum absolute atomic E-state index is 0.0130. The third-order valence-electron chi connectivity index (χ3n) is 4.92. The fraction of sp³-hybridized carbons (Fsp3) is 0.391. The van der Waals surface area contributed by atoms with Gasteiger partial charge in [0.15, 0.2) is 11.5 Å². The molecule has 0 heterocycles. The highest BCUT2D eigenvalue weighted by atomic mass is 16.5. The SMILES string of the molecule is COc1ccc(CCC(=O)NCCN(C(C)=O)C(C)c2ccccc2)cc1OC. The molecule has 2 aromatic carbocycles. The third kappa shape index (κ3) is 6.52. The molecule has 0 fully saturated rings. The van der Waals surface area contributed by atoms with E-state index in [2.05, 4.69) is 5.32 Å². The minimum atomic E-state index is -0.0457. The van der Waals surface area contributed by atoms with E-state index in [-0.39, 0.29) is 17.9 Å². The molecule has 2 amide bonds. The summed E-state index contributed by atoms with van der Waals surface area (Å²) in [7, 11) is 3.18. The molecule has 0 aromatic heterocycles. The predicted molar refractivity (Wildman–Crippen MR) is 113 cm³/mol. The van der Waals surface area contributed by atoms with Crippen LogP contribution in [0.3, 0.4) is 0 Å². The van der Waals surface area contributed by atoms with Crippen molar-refractivity contribution in [1.29, 1.82) is 0 Å². The van der Waals surface area contributed by atoms with Crippen molar-refractivity contribution in [3.05, 3.63) is 59.7 Å². The molecule has 0 bridgehead atoms. The zero-order valence-electron chi connectivity index (χ0n) is 17.6. The standard InChI is InChI=1S/C23H30N2O4/c1-17(20-8-6-5-7-9-20)25(18(2)26)15-14-24-23(27)13-11-19-10-12-21(28-3)22(16-19)29-4/h5-10,12,16-17H,11,13-15H2,1-4H3,(H,24,27). The summed E-state index contributed by atoms with van der Waals surface area (Å²) in [6.07, 6.45) is 0.965. The summed E-state index contributed by atoms with van der Waals surface area (Å²) >= 11 is 0. The average molecular weight is 399 g/mol. The normalized spacial score (nSPS) is 11.4. The first-order chi connectivity index (χ1) is 14.0. The van der Waals surface area contributed by atoms with Crippen LogP contribution in [0.1, 0.15) is 37.4 Å². The molecule has 1 atom stereocenters. The lowest BCUT2D eigenvalue weighted by Crippen LogP contribution is -2.39. The second kappa shape index (κ2) is 11.1. The van der Waals surface area contributed by atoms with Crippen molar-refractivity contribution in [3.8, 4) is 11.5 Å². The number of aryl methyl sites for hydroxylation is 1. The smallest absolute Gasteiger partial charge is 0.220 e. The van der Waals surface area contributed by atoms with Crippen LogP contribution >= 0.6 is 0 Å². The number of nitrogens with one attached hydrogen (secondary N) is 1. The summed E-state index contributed by atoms with van der Waals surface area (Å²) in [5.74, 6) is 1.26. The van der Waals surface area contributed by atoms with Crippen LogP contribution in [0.4, 0.5) is 0 Å². The zero-order valence-corrected chi connectivity index (χ0v) is 17.6. The first-order valence-corrected chi connectivity index (χ1v) is 9.76. The van der Waals surface area contributed by atoms with Gasteiger partial charge < -0.3 is 19.7 Å². The Morgan fingerprint density at radius 2 is 1.72 bits per heavy atom. The summed E-state index contributed by atoms with van der Waals surface area (Å²) in [5.41, 5.74) is 2.07. The predicted octanol–water partition coefficient (Wildman–Crippen LogP) is 3.36. The quantitative estimate of drug-likeness (QED) is 0.666. The largest absolute Gasteiger partial charge is 0.493 e. The van der Waals surface area contributed by atoms with Gasteiger partial charge in [0.05, 0.1) is 20.3 Å². The van der Waals surface area contributed by atoms with Crippen molar-refractivity contribution in [2.24, 2.45) is 0 Å². The van der Waals surface area contributed by atoms with Gasteiger partial charge in [-0.3, -0.25) is 9.59 Å². The molecule has 6 nitrogen and oxygen atoms in total. The Kier molecular flexibility index (Phi) is 8.52. The highest BCUT2D eigenvalue weighted by molar-refractivity contribution is 5.76. The van der Waals surface area contributed by atoms with E-state index >= 15 is 0 Å². The second-order valence-corrected chi connectivity index (χ2v) is 6.84. The van der Waals surface area contributed by atoms with Crippen LogP contribution in [0.2, 0.25) is 0 Å². The molecule has 1 unspecified atom stereocenters. The third-order valence-corrected chi connectivity index (χ3v) is 4.92. The minimum Gasteiger partial charge on any atom is -0.493 e. The number of benzene rings is 2. The summed E-state index contributed by atoms with van der Waals surface area (Å²) < 4.78 is 10.5. The van der Waals surface area contributed by atoms with Crippen molar-refractivity contribution in [2.45, 2.75) is 32.7 Å². The van der Waals surface area contributed by atoms with Crippen LogP contribution in [0.15, 0.2) is 48.5 Å². The lowest BCUT2D eigenvalue weighted by Gasteiger charge is -2.28. The van der Waals surface area contributed by atoms with E-state index in [1.165, 1.54) is 0 Å². The Bertz CT molecular complexity index is 808. The van der Waals surface area contributed by atoms with Gasteiger partial charge in [-0.15, -0.1) is 0 Å². The number of hydrogen-bond donors (Lipinski definition) is 1. The van der Waals surface area contributed by atoms with Crippen LogP contribution < -0.4 is 14.8 Å². The van der Waals surface area contributed by atoms with Gasteiger partial charge in [0.25, 0.3) is 0 Å². The Morgan fingerprint density at radius 3 is 2.34 bits per heavy atom. The maximum absolute atomic E-state index is 12.2. The lowest BCUT2D eigenvalue weighted by atomic mass is 10.1. The molecule has 0 spiro atoms. The lowest BCUT2D eigenvalue weighted by molar-refractivity contribution is -0.131. The molecule has 1 N–H and O–H groups in total. The van der Waals surface area contributed by atoms with Crippen molar-refractivity contribution < 1.29 is 19.1 Å². The number of rotatable bonds is 10. The number of hydrogen-bond acceptors (Lipinski definition) is 4. The molecule has 156 valence electrons. The maximum atomic E-state index is 12.2. The maximum Gasteiger partial charge on any atom is 0.220 e. The van der Waals surface area contributed by atoms with Gasteiger partial charge in [0, 0.05) is 26.4 Å². The van der Waals surface area contributed by atoms with E-state index < -0.39 is 0 Å². The average Bonchev–Trinajstić information content (AvgIpc) is 2.74. The Labute approximate surface area is 172 Å². The van der Waals surface area contributed by atoms with Gasteiger partial charge in [-0.05, 0) is 36.6 Å². The molecule has 2 rings (SSSR count). The van der Waals surface area contributed by atoms with Gasteiger partial charge in [-0.2, -0.15) is 0 Å². The topological polar surface area (TPSA) is 67.9 Å². The number of amides is 2. The van der Waals surface area contributed by atoms with Gasteiger partial charge in [0.1, 0.15) is 0 Å². The second-order valence-electron chi connectivity index (χ2n) is 6.84. The monoisotopic (exact) mass is 398 g/mol.